The van der Waals surface area contributed by atoms with Crippen LogP contribution in [0.25, 0.3) is 0 Å². The number of halogens is 1. The third-order valence-corrected chi connectivity index (χ3v) is 4.46. The molecule has 1 aromatic carbocycles. The van der Waals surface area contributed by atoms with Crippen LogP contribution < -0.4 is 0 Å². The van der Waals surface area contributed by atoms with Crippen LogP contribution in [0.3, 0.4) is 0 Å². The van der Waals surface area contributed by atoms with E-state index in [1.165, 1.54) is 18.4 Å². The summed E-state index contributed by atoms with van der Waals surface area (Å²) in [4.78, 5) is 5.73. The SMILES string of the molecule is OCc1sc(Cc2ccc(Cl)cc2)nc1C1CC1. The third-order valence-electron chi connectivity index (χ3n) is 3.15. The van der Waals surface area contributed by atoms with E-state index in [9.17, 15) is 5.11 Å². The van der Waals surface area contributed by atoms with Crippen LogP contribution >= 0.6 is 22.9 Å². The van der Waals surface area contributed by atoms with E-state index < -0.39 is 0 Å². The molecule has 4 heteroatoms. The molecule has 0 saturated heterocycles. The minimum Gasteiger partial charge on any atom is -0.391 e. The molecule has 3 rings (SSSR count). The zero-order valence-corrected chi connectivity index (χ0v) is 11.5. The molecule has 1 fully saturated rings. The highest BCUT2D eigenvalue weighted by Gasteiger charge is 2.29. The van der Waals surface area contributed by atoms with Crippen molar-refractivity contribution in [2.24, 2.45) is 0 Å². The van der Waals surface area contributed by atoms with Crippen molar-refractivity contribution in [1.29, 1.82) is 0 Å². The van der Waals surface area contributed by atoms with Gasteiger partial charge in [0.15, 0.2) is 0 Å². The van der Waals surface area contributed by atoms with Gasteiger partial charge < -0.3 is 5.11 Å². The zero-order chi connectivity index (χ0) is 12.5. The summed E-state index contributed by atoms with van der Waals surface area (Å²) < 4.78 is 0. The Morgan fingerprint density at radius 2 is 2.00 bits per heavy atom. The van der Waals surface area contributed by atoms with Gasteiger partial charge in [0.1, 0.15) is 0 Å². The fourth-order valence-corrected chi connectivity index (χ4v) is 3.23. The number of rotatable bonds is 4. The number of thiazole rings is 1. The van der Waals surface area contributed by atoms with E-state index in [-0.39, 0.29) is 6.61 Å². The monoisotopic (exact) mass is 279 g/mol. The van der Waals surface area contributed by atoms with E-state index in [0.717, 1.165) is 27.0 Å². The fraction of sp³-hybridized carbons (Fsp3) is 0.357. The number of nitrogens with zero attached hydrogens (tertiary/aromatic N) is 1. The second kappa shape index (κ2) is 5.00. The predicted octanol–water partition coefficient (Wildman–Crippen LogP) is 3.76. The molecular formula is C14H14ClNOS. The summed E-state index contributed by atoms with van der Waals surface area (Å²) in [6.07, 6.45) is 3.26. The van der Waals surface area contributed by atoms with Gasteiger partial charge in [0.05, 0.1) is 22.2 Å². The topological polar surface area (TPSA) is 33.1 Å². The maximum atomic E-state index is 9.36. The van der Waals surface area contributed by atoms with Crippen LogP contribution in [0.4, 0.5) is 0 Å². The molecule has 2 aromatic rings. The maximum Gasteiger partial charge on any atom is 0.0975 e. The van der Waals surface area contributed by atoms with Gasteiger partial charge in [-0.05, 0) is 30.5 Å². The van der Waals surface area contributed by atoms with Gasteiger partial charge in [0, 0.05) is 17.4 Å². The maximum absolute atomic E-state index is 9.36. The van der Waals surface area contributed by atoms with Gasteiger partial charge in [-0.3, -0.25) is 0 Å². The lowest BCUT2D eigenvalue weighted by molar-refractivity contribution is 0.284. The molecule has 1 N–H and O–H groups in total. The van der Waals surface area contributed by atoms with Crippen LogP contribution in [-0.2, 0) is 13.0 Å². The first-order valence-corrected chi connectivity index (χ1v) is 7.29. The number of aliphatic hydroxyl groups is 1. The summed E-state index contributed by atoms with van der Waals surface area (Å²) in [7, 11) is 0. The molecule has 2 nitrogen and oxygen atoms in total. The molecule has 0 radical (unpaired) electrons. The molecule has 0 amide bonds. The Morgan fingerprint density at radius 3 is 2.61 bits per heavy atom. The van der Waals surface area contributed by atoms with Gasteiger partial charge in [-0.25, -0.2) is 4.98 Å². The van der Waals surface area contributed by atoms with Crippen LogP contribution in [0.1, 0.15) is 39.9 Å². The van der Waals surface area contributed by atoms with Crippen molar-refractivity contribution in [2.75, 3.05) is 0 Å². The lowest BCUT2D eigenvalue weighted by Gasteiger charge is -1.97. The summed E-state index contributed by atoms with van der Waals surface area (Å²) >= 11 is 7.50. The smallest absolute Gasteiger partial charge is 0.0975 e. The molecule has 18 heavy (non-hydrogen) atoms. The van der Waals surface area contributed by atoms with Gasteiger partial charge >= 0.3 is 0 Å². The van der Waals surface area contributed by atoms with Gasteiger partial charge in [-0.15, -0.1) is 11.3 Å². The number of aromatic nitrogens is 1. The molecule has 1 aliphatic rings. The van der Waals surface area contributed by atoms with E-state index in [0.29, 0.717) is 5.92 Å². The van der Waals surface area contributed by atoms with Crippen molar-refractivity contribution in [3.8, 4) is 0 Å². The average molecular weight is 280 g/mol. The third kappa shape index (κ3) is 2.58. The standard InChI is InChI=1S/C14H14ClNOS/c15-11-5-1-9(2-6-11)7-13-16-14(10-3-4-10)12(8-17)18-13/h1-2,5-6,10,17H,3-4,7-8H2. The van der Waals surface area contributed by atoms with E-state index in [1.54, 1.807) is 11.3 Å². The van der Waals surface area contributed by atoms with Crippen LogP contribution in [0.2, 0.25) is 5.02 Å². The highest BCUT2D eigenvalue weighted by atomic mass is 35.5. The summed E-state index contributed by atoms with van der Waals surface area (Å²) in [6.45, 7) is 0.115. The van der Waals surface area contributed by atoms with Crippen molar-refractivity contribution in [2.45, 2.75) is 31.8 Å². The normalized spacial score (nSPS) is 15.0. The Kier molecular flexibility index (Phi) is 3.37. The Bertz CT molecular complexity index is 545. The van der Waals surface area contributed by atoms with Crippen LogP contribution in [0.15, 0.2) is 24.3 Å². The van der Waals surface area contributed by atoms with Crippen molar-refractivity contribution in [3.05, 3.63) is 50.4 Å². The van der Waals surface area contributed by atoms with Crippen molar-refractivity contribution >= 4 is 22.9 Å². The van der Waals surface area contributed by atoms with Gasteiger partial charge in [0.2, 0.25) is 0 Å². The van der Waals surface area contributed by atoms with Crippen LogP contribution in [0.5, 0.6) is 0 Å². The molecule has 0 spiro atoms. The van der Waals surface area contributed by atoms with Gasteiger partial charge in [-0.2, -0.15) is 0 Å². The van der Waals surface area contributed by atoms with Gasteiger partial charge in [-0.1, -0.05) is 23.7 Å². The second-order valence-electron chi connectivity index (χ2n) is 4.65. The Morgan fingerprint density at radius 1 is 1.28 bits per heavy atom. The van der Waals surface area contributed by atoms with E-state index in [2.05, 4.69) is 4.98 Å². The van der Waals surface area contributed by atoms with Crippen LogP contribution in [-0.4, -0.2) is 10.1 Å². The molecule has 94 valence electrons. The van der Waals surface area contributed by atoms with E-state index >= 15 is 0 Å². The minimum absolute atomic E-state index is 0.115. The lowest BCUT2D eigenvalue weighted by atomic mass is 10.2. The molecular weight excluding hydrogens is 266 g/mol. The fourth-order valence-electron chi connectivity index (χ4n) is 2.06. The van der Waals surface area contributed by atoms with Gasteiger partial charge in [0.25, 0.3) is 0 Å². The summed E-state index contributed by atoms with van der Waals surface area (Å²) in [5, 5.41) is 11.2. The first kappa shape index (κ1) is 12.2. The minimum atomic E-state index is 0.115. The van der Waals surface area contributed by atoms with Crippen molar-refractivity contribution in [3.63, 3.8) is 0 Å². The number of hydrogen-bond acceptors (Lipinski definition) is 3. The molecule has 0 bridgehead atoms. The van der Waals surface area contributed by atoms with E-state index in [1.807, 2.05) is 24.3 Å². The highest BCUT2D eigenvalue weighted by Crippen LogP contribution is 2.42. The largest absolute Gasteiger partial charge is 0.391 e. The molecule has 1 aromatic heterocycles. The number of hydrogen-bond donors (Lipinski definition) is 1. The highest BCUT2D eigenvalue weighted by molar-refractivity contribution is 7.11. The molecule has 0 unspecified atom stereocenters. The molecule has 0 atom stereocenters. The summed E-state index contributed by atoms with van der Waals surface area (Å²) in [5.41, 5.74) is 2.34. The molecule has 0 aliphatic heterocycles. The Labute approximate surface area is 115 Å². The van der Waals surface area contributed by atoms with Crippen molar-refractivity contribution < 1.29 is 5.11 Å². The molecule has 1 aliphatic carbocycles. The molecule has 1 saturated carbocycles. The van der Waals surface area contributed by atoms with Crippen LogP contribution in [0, 0.1) is 0 Å². The summed E-state index contributed by atoms with van der Waals surface area (Å²) in [5.74, 6) is 0.599. The average Bonchev–Trinajstić information content (AvgIpc) is 3.14. The van der Waals surface area contributed by atoms with Crippen molar-refractivity contribution in [1.82, 2.24) is 4.98 Å². The van der Waals surface area contributed by atoms with E-state index in [4.69, 9.17) is 11.6 Å². The Balaban J connectivity index is 1.81. The lowest BCUT2D eigenvalue weighted by Crippen LogP contribution is -1.89. The number of aliphatic hydroxyl groups excluding tert-OH is 1. The predicted molar refractivity (Wildman–Crippen MR) is 74.3 cm³/mol. The first-order valence-electron chi connectivity index (χ1n) is 6.10. The summed E-state index contributed by atoms with van der Waals surface area (Å²) in [6, 6.07) is 7.86. The Hall–Kier alpha value is -0.900. The second-order valence-corrected chi connectivity index (χ2v) is 6.26. The molecule has 1 heterocycles. The first-order chi connectivity index (χ1) is 8.76. The quantitative estimate of drug-likeness (QED) is 0.924. The number of benzene rings is 1. The zero-order valence-electron chi connectivity index (χ0n) is 9.90.